The average molecular weight is 365 g/mol. The van der Waals surface area contributed by atoms with E-state index in [4.69, 9.17) is 4.74 Å². The van der Waals surface area contributed by atoms with Crippen LogP contribution in [0.5, 0.6) is 5.75 Å². The second-order valence-electron chi connectivity index (χ2n) is 6.54. The number of ether oxygens (including phenoxy) is 1. The van der Waals surface area contributed by atoms with Crippen LogP contribution in [0, 0.1) is 5.92 Å². The third kappa shape index (κ3) is 3.32. The first kappa shape index (κ1) is 16.7. The molecule has 2 heterocycles. The summed E-state index contributed by atoms with van der Waals surface area (Å²) < 4.78 is 6.06. The Morgan fingerprint density at radius 1 is 1.27 bits per heavy atom. The van der Waals surface area contributed by atoms with E-state index < -0.39 is 0 Å². The van der Waals surface area contributed by atoms with E-state index in [0.29, 0.717) is 18.0 Å². The second-order valence-corrected chi connectivity index (χ2v) is 7.57. The molecule has 0 spiro atoms. The lowest BCUT2D eigenvalue weighted by Crippen LogP contribution is -2.40. The molecule has 2 aromatic heterocycles. The van der Waals surface area contributed by atoms with Crippen LogP contribution in [-0.2, 0) is 4.79 Å². The second kappa shape index (κ2) is 6.88. The van der Waals surface area contributed by atoms with Gasteiger partial charge in [-0.1, -0.05) is 36.1 Å². The van der Waals surface area contributed by atoms with Crippen LogP contribution in [0.15, 0.2) is 49.3 Å². The number of nitrogens with zero attached hydrogens (tertiary/aromatic N) is 2. The minimum absolute atomic E-state index is 0.00325. The zero-order valence-electron chi connectivity index (χ0n) is 14.4. The molecule has 1 aromatic carbocycles. The van der Waals surface area contributed by atoms with Crippen LogP contribution in [0.1, 0.15) is 24.6 Å². The summed E-state index contributed by atoms with van der Waals surface area (Å²) in [5.74, 6) is 0.738. The predicted molar refractivity (Wildman–Crippen MR) is 104 cm³/mol. The van der Waals surface area contributed by atoms with Crippen molar-refractivity contribution < 1.29 is 9.53 Å². The summed E-state index contributed by atoms with van der Waals surface area (Å²) in [6, 6.07) is 9.83. The highest BCUT2D eigenvalue weighted by Gasteiger charge is 2.36. The van der Waals surface area contributed by atoms with Gasteiger partial charge in [-0.15, -0.1) is 0 Å². The summed E-state index contributed by atoms with van der Waals surface area (Å²) in [5.41, 5.74) is 1.81. The number of thiazole rings is 1. The maximum Gasteiger partial charge on any atom is 0.229 e. The van der Waals surface area contributed by atoms with Crippen molar-refractivity contribution in [3.63, 3.8) is 0 Å². The summed E-state index contributed by atoms with van der Waals surface area (Å²) in [4.78, 5) is 22.0. The van der Waals surface area contributed by atoms with Gasteiger partial charge < -0.3 is 10.1 Å². The zero-order valence-corrected chi connectivity index (χ0v) is 15.3. The smallest absolute Gasteiger partial charge is 0.229 e. The van der Waals surface area contributed by atoms with E-state index >= 15 is 0 Å². The zero-order chi connectivity index (χ0) is 18.1. The molecule has 1 aliphatic rings. The first-order chi connectivity index (χ1) is 12.6. The van der Waals surface area contributed by atoms with Gasteiger partial charge in [0.15, 0.2) is 5.13 Å². The summed E-state index contributed by atoms with van der Waals surface area (Å²) in [6.45, 7) is 5.81. The van der Waals surface area contributed by atoms with Gasteiger partial charge >= 0.3 is 0 Å². The molecular weight excluding hydrogens is 346 g/mol. The molecule has 132 valence electrons. The summed E-state index contributed by atoms with van der Waals surface area (Å²) in [7, 11) is 0. The van der Waals surface area contributed by atoms with Crippen LogP contribution >= 0.6 is 11.3 Å². The fourth-order valence-corrected chi connectivity index (χ4v) is 3.71. The lowest BCUT2D eigenvalue weighted by atomic mass is 9.81. The average Bonchev–Trinajstić information content (AvgIpc) is 3.06. The Hall–Kier alpha value is -2.73. The number of fused-ring (bicyclic) bond motifs is 1. The largest absolute Gasteiger partial charge is 0.488 e. The van der Waals surface area contributed by atoms with Gasteiger partial charge in [-0.2, -0.15) is 0 Å². The molecule has 1 aliphatic carbocycles. The molecule has 0 aliphatic heterocycles. The number of pyridine rings is 1. The Labute approximate surface area is 155 Å². The van der Waals surface area contributed by atoms with Crippen LogP contribution in [0.4, 0.5) is 5.13 Å². The fraction of sp³-hybridized carbons (Fsp3) is 0.250. The molecule has 1 N–H and O–H groups in total. The Morgan fingerprint density at radius 2 is 2.08 bits per heavy atom. The van der Waals surface area contributed by atoms with Crippen molar-refractivity contribution in [2.24, 2.45) is 5.92 Å². The van der Waals surface area contributed by atoms with E-state index in [1.165, 1.54) is 11.3 Å². The molecule has 6 heteroatoms. The molecule has 4 rings (SSSR count). The quantitative estimate of drug-likeness (QED) is 0.722. The van der Waals surface area contributed by atoms with Crippen molar-refractivity contribution in [3.05, 3.63) is 54.2 Å². The highest BCUT2D eigenvalue weighted by atomic mass is 32.1. The number of hydrogen-bond donors (Lipinski definition) is 1. The topological polar surface area (TPSA) is 64.1 Å². The number of allylic oxidation sites excluding steroid dienone is 1. The Bertz CT molecular complexity index is 971. The molecule has 0 unspecified atom stereocenters. The number of anilines is 1. The fourth-order valence-electron chi connectivity index (χ4n) is 2.96. The lowest BCUT2D eigenvalue weighted by molar-refractivity contribution is -0.125. The summed E-state index contributed by atoms with van der Waals surface area (Å²) in [5, 5.41) is 4.57. The normalized spacial score (nSPS) is 19.0. The van der Waals surface area contributed by atoms with Crippen molar-refractivity contribution in [2.45, 2.75) is 25.9 Å². The molecule has 0 bridgehead atoms. The van der Waals surface area contributed by atoms with Gasteiger partial charge in [0.25, 0.3) is 0 Å². The molecule has 1 fully saturated rings. The van der Waals surface area contributed by atoms with E-state index in [9.17, 15) is 4.79 Å². The highest BCUT2D eigenvalue weighted by Crippen LogP contribution is 2.35. The minimum atomic E-state index is -0.0416. The first-order valence-electron chi connectivity index (χ1n) is 8.53. The number of para-hydroxylation sites is 1. The molecule has 26 heavy (non-hydrogen) atoms. The predicted octanol–water partition coefficient (Wildman–Crippen LogP) is 4.52. The maximum atomic E-state index is 12.3. The number of rotatable bonds is 5. The van der Waals surface area contributed by atoms with Gasteiger partial charge in [-0.05, 0) is 37.5 Å². The Kier molecular flexibility index (Phi) is 4.42. The molecule has 0 saturated heterocycles. The van der Waals surface area contributed by atoms with Crippen molar-refractivity contribution >= 4 is 38.9 Å². The third-order valence-corrected chi connectivity index (χ3v) is 5.59. The van der Waals surface area contributed by atoms with Crippen LogP contribution in [0.3, 0.4) is 0 Å². The van der Waals surface area contributed by atoms with Crippen molar-refractivity contribution in [2.75, 3.05) is 5.32 Å². The van der Waals surface area contributed by atoms with E-state index in [1.54, 1.807) is 12.4 Å². The molecule has 1 amide bonds. The highest BCUT2D eigenvalue weighted by molar-refractivity contribution is 7.16. The van der Waals surface area contributed by atoms with Crippen LogP contribution in [0.25, 0.3) is 16.5 Å². The molecule has 1 saturated carbocycles. The minimum Gasteiger partial charge on any atom is -0.488 e. The standard InChI is InChI=1S/C20H19N3O2S/c1-12(2)17-11-22-20(26-17)23-19(24)14-9-15(10-14)25-16-7-3-5-13-6-4-8-21-18(13)16/h3-8,11,14-15H,1,9-10H2,2H3,(H,22,23,24). The van der Waals surface area contributed by atoms with Gasteiger partial charge in [-0.25, -0.2) is 4.98 Å². The number of aromatic nitrogens is 2. The number of amides is 1. The molecule has 5 nitrogen and oxygen atoms in total. The SMILES string of the molecule is C=C(C)c1cnc(NC(=O)C2CC(Oc3cccc4cccnc34)C2)s1. The van der Waals surface area contributed by atoms with Crippen molar-refractivity contribution in [1.29, 1.82) is 0 Å². The van der Waals surface area contributed by atoms with Crippen LogP contribution in [0.2, 0.25) is 0 Å². The summed E-state index contributed by atoms with van der Waals surface area (Å²) in [6.07, 6.45) is 4.95. The molecule has 0 radical (unpaired) electrons. The first-order valence-corrected chi connectivity index (χ1v) is 9.35. The number of nitrogens with one attached hydrogen (secondary N) is 1. The van der Waals surface area contributed by atoms with Gasteiger partial charge in [0, 0.05) is 23.7 Å². The van der Waals surface area contributed by atoms with E-state index in [1.807, 2.05) is 37.3 Å². The Morgan fingerprint density at radius 3 is 2.85 bits per heavy atom. The Balaban J connectivity index is 1.34. The monoisotopic (exact) mass is 365 g/mol. The number of carbonyl (C=O) groups is 1. The number of hydrogen-bond acceptors (Lipinski definition) is 5. The molecular formula is C20H19N3O2S. The molecule has 0 atom stereocenters. The van der Waals surface area contributed by atoms with Gasteiger partial charge in [0.05, 0.1) is 4.88 Å². The van der Waals surface area contributed by atoms with Crippen molar-refractivity contribution in [3.8, 4) is 5.75 Å². The number of benzene rings is 1. The van der Waals surface area contributed by atoms with Gasteiger partial charge in [-0.3, -0.25) is 9.78 Å². The lowest BCUT2D eigenvalue weighted by Gasteiger charge is -2.34. The maximum absolute atomic E-state index is 12.3. The van der Waals surface area contributed by atoms with E-state index in [0.717, 1.165) is 27.1 Å². The van der Waals surface area contributed by atoms with E-state index in [2.05, 4.69) is 21.9 Å². The van der Waals surface area contributed by atoms with Crippen molar-refractivity contribution in [1.82, 2.24) is 9.97 Å². The van der Waals surface area contributed by atoms with Crippen LogP contribution < -0.4 is 10.1 Å². The summed E-state index contributed by atoms with van der Waals surface area (Å²) >= 11 is 1.44. The van der Waals surface area contributed by atoms with Crippen LogP contribution in [-0.4, -0.2) is 22.0 Å². The van der Waals surface area contributed by atoms with Gasteiger partial charge in [0.2, 0.25) is 5.91 Å². The number of carbonyl (C=O) groups excluding carboxylic acids is 1. The van der Waals surface area contributed by atoms with Gasteiger partial charge in [0.1, 0.15) is 17.4 Å². The van der Waals surface area contributed by atoms with E-state index in [-0.39, 0.29) is 17.9 Å². The third-order valence-electron chi connectivity index (χ3n) is 4.51. The molecule has 3 aromatic rings.